The van der Waals surface area contributed by atoms with Crippen molar-refractivity contribution in [2.24, 2.45) is 5.73 Å². The number of carbonyl (C=O) groups excluding carboxylic acids is 1. The van der Waals surface area contributed by atoms with Crippen LogP contribution < -0.4 is 11.1 Å². The Bertz CT molecular complexity index is 345. The van der Waals surface area contributed by atoms with E-state index in [0.717, 1.165) is 5.56 Å². The molecule has 0 spiro atoms. The molecule has 0 aromatic heterocycles. The normalized spacial score (nSPS) is 11.4. The second-order valence-corrected chi connectivity index (χ2v) is 3.38. The van der Waals surface area contributed by atoms with Crippen LogP contribution in [0.5, 0.6) is 0 Å². The quantitative estimate of drug-likeness (QED) is 0.715. The van der Waals surface area contributed by atoms with E-state index in [9.17, 15) is 4.79 Å². The van der Waals surface area contributed by atoms with Crippen LogP contribution in [-0.4, -0.2) is 30.7 Å². The maximum absolute atomic E-state index is 11.5. The number of nitrogens with one attached hydrogen (secondary N) is 1. The summed E-state index contributed by atoms with van der Waals surface area (Å²) >= 11 is 0. The van der Waals surface area contributed by atoms with Gasteiger partial charge in [-0.25, -0.2) is 0 Å². The summed E-state index contributed by atoms with van der Waals surface area (Å²) in [7, 11) is 1.59. The van der Waals surface area contributed by atoms with Gasteiger partial charge in [0.2, 0.25) is 0 Å². The first-order valence-corrected chi connectivity index (χ1v) is 4.85. The van der Waals surface area contributed by atoms with Gasteiger partial charge in [-0.1, -0.05) is 18.2 Å². The van der Waals surface area contributed by atoms with Gasteiger partial charge in [0.15, 0.2) is 0 Å². The molecule has 0 saturated carbocycles. The van der Waals surface area contributed by atoms with Crippen LogP contribution in [0.2, 0.25) is 0 Å². The van der Waals surface area contributed by atoms with E-state index in [1.54, 1.807) is 19.2 Å². The maximum atomic E-state index is 11.5. The highest BCUT2D eigenvalue weighted by atomic mass is 35.5. The molecule has 4 nitrogen and oxygen atoms in total. The highest BCUT2D eigenvalue weighted by Crippen LogP contribution is 2.10. The highest BCUT2D eigenvalue weighted by molar-refractivity contribution is 5.95. The van der Waals surface area contributed by atoms with Crippen molar-refractivity contribution in [3.63, 3.8) is 0 Å². The molecule has 0 aliphatic rings. The first-order chi connectivity index (χ1) is 7.19. The average Bonchev–Trinajstić information content (AvgIpc) is 2.28. The van der Waals surface area contributed by atoms with E-state index < -0.39 is 0 Å². The van der Waals surface area contributed by atoms with Gasteiger partial charge in [0, 0.05) is 18.7 Å². The molecule has 1 aromatic carbocycles. The topological polar surface area (TPSA) is 75.4 Å². The van der Waals surface area contributed by atoms with Crippen molar-refractivity contribution in [1.29, 1.82) is 0 Å². The minimum atomic E-state index is -0.323. The average molecular weight is 245 g/mol. The van der Waals surface area contributed by atoms with Gasteiger partial charge in [0.1, 0.15) is 0 Å². The lowest BCUT2D eigenvalue weighted by atomic mass is 10.0. The predicted octanol–water partition coefficient (Wildman–Crippen LogP) is 0.330. The van der Waals surface area contributed by atoms with E-state index in [1.807, 2.05) is 12.1 Å². The van der Waals surface area contributed by atoms with Crippen molar-refractivity contribution in [3.05, 3.63) is 35.4 Å². The fourth-order valence-corrected chi connectivity index (χ4v) is 1.40. The zero-order valence-corrected chi connectivity index (χ0v) is 9.96. The molecule has 0 heterocycles. The van der Waals surface area contributed by atoms with E-state index in [2.05, 4.69) is 5.32 Å². The van der Waals surface area contributed by atoms with Gasteiger partial charge in [-0.2, -0.15) is 0 Å². The lowest BCUT2D eigenvalue weighted by molar-refractivity contribution is 0.0962. The van der Waals surface area contributed by atoms with E-state index in [0.29, 0.717) is 12.0 Å². The molecule has 5 heteroatoms. The number of rotatable bonds is 4. The summed E-state index contributed by atoms with van der Waals surface area (Å²) in [6.07, 6.45) is 0.500. The summed E-state index contributed by atoms with van der Waals surface area (Å²) in [6.45, 7) is -0.0813. The Hall–Kier alpha value is -1.10. The lowest BCUT2D eigenvalue weighted by Gasteiger charge is -2.11. The van der Waals surface area contributed by atoms with Crippen molar-refractivity contribution in [2.75, 3.05) is 13.7 Å². The van der Waals surface area contributed by atoms with Gasteiger partial charge < -0.3 is 16.2 Å². The van der Waals surface area contributed by atoms with Gasteiger partial charge in [-0.15, -0.1) is 12.4 Å². The summed E-state index contributed by atoms with van der Waals surface area (Å²) in [4.78, 5) is 11.5. The minimum absolute atomic E-state index is 0. The Morgan fingerprint density at radius 3 is 2.69 bits per heavy atom. The predicted molar refractivity (Wildman–Crippen MR) is 65.8 cm³/mol. The Balaban J connectivity index is 0.00000225. The second kappa shape index (κ2) is 7.22. The number of carbonyl (C=O) groups is 1. The molecule has 90 valence electrons. The van der Waals surface area contributed by atoms with Gasteiger partial charge in [0.25, 0.3) is 5.91 Å². The number of aliphatic hydroxyl groups is 1. The Kier molecular flexibility index (Phi) is 6.72. The van der Waals surface area contributed by atoms with Crippen molar-refractivity contribution in [1.82, 2.24) is 5.32 Å². The van der Waals surface area contributed by atoms with E-state index >= 15 is 0 Å². The smallest absolute Gasteiger partial charge is 0.251 e. The van der Waals surface area contributed by atoms with Gasteiger partial charge in [-0.05, 0) is 18.1 Å². The molecular formula is C11H17ClN2O2. The van der Waals surface area contributed by atoms with E-state index in [4.69, 9.17) is 10.8 Å². The summed E-state index contributed by atoms with van der Waals surface area (Å²) in [5.41, 5.74) is 7.11. The summed E-state index contributed by atoms with van der Waals surface area (Å²) in [6, 6.07) is 6.93. The van der Waals surface area contributed by atoms with E-state index in [-0.39, 0.29) is 31.0 Å². The van der Waals surface area contributed by atoms with Crippen molar-refractivity contribution in [2.45, 2.75) is 12.5 Å². The highest BCUT2D eigenvalue weighted by Gasteiger charge is 2.11. The largest absolute Gasteiger partial charge is 0.395 e. The lowest BCUT2D eigenvalue weighted by Crippen LogP contribution is -2.28. The minimum Gasteiger partial charge on any atom is -0.395 e. The van der Waals surface area contributed by atoms with E-state index in [1.165, 1.54) is 0 Å². The number of nitrogens with two attached hydrogens (primary N) is 1. The molecule has 0 fully saturated rings. The fourth-order valence-electron chi connectivity index (χ4n) is 1.40. The number of amides is 1. The molecule has 1 aromatic rings. The number of aliphatic hydroxyl groups excluding tert-OH is 1. The first-order valence-electron chi connectivity index (χ1n) is 4.85. The molecule has 4 N–H and O–H groups in total. The maximum Gasteiger partial charge on any atom is 0.251 e. The van der Waals surface area contributed by atoms with Crippen molar-refractivity contribution in [3.8, 4) is 0 Å². The summed E-state index contributed by atoms with van der Waals surface area (Å²) in [5.74, 6) is -0.129. The van der Waals surface area contributed by atoms with Crippen LogP contribution >= 0.6 is 12.4 Å². The molecular weight excluding hydrogens is 228 g/mol. The molecule has 0 aliphatic heterocycles. The number of hydrogen-bond acceptors (Lipinski definition) is 3. The van der Waals surface area contributed by atoms with Gasteiger partial charge >= 0.3 is 0 Å². The van der Waals surface area contributed by atoms with Crippen molar-refractivity contribution < 1.29 is 9.90 Å². The van der Waals surface area contributed by atoms with Crippen LogP contribution in [-0.2, 0) is 6.42 Å². The second-order valence-electron chi connectivity index (χ2n) is 3.38. The van der Waals surface area contributed by atoms with Crippen LogP contribution in [0.15, 0.2) is 24.3 Å². The zero-order chi connectivity index (χ0) is 11.3. The molecule has 1 atom stereocenters. The zero-order valence-electron chi connectivity index (χ0n) is 9.14. The van der Waals surface area contributed by atoms with Crippen LogP contribution in [0, 0.1) is 0 Å². The SMILES string of the molecule is CNC(=O)c1ccccc1C[C@@H](N)CO.Cl. The Morgan fingerprint density at radius 2 is 2.12 bits per heavy atom. The summed E-state index contributed by atoms with van der Waals surface area (Å²) in [5, 5.41) is 11.4. The number of halogens is 1. The summed E-state index contributed by atoms with van der Waals surface area (Å²) < 4.78 is 0. The molecule has 0 bridgehead atoms. The van der Waals surface area contributed by atoms with Crippen LogP contribution in [0.1, 0.15) is 15.9 Å². The third-order valence-electron chi connectivity index (χ3n) is 2.21. The van der Waals surface area contributed by atoms with Crippen molar-refractivity contribution >= 4 is 18.3 Å². The van der Waals surface area contributed by atoms with Gasteiger partial charge in [0.05, 0.1) is 6.61 Å². The molecule has 1 rings (SSSR count). The molecule has 16 heavy (non-hydrogen) atoms. The molecule has 0 radical (unpaired) electrons. The fraction of sp³-hybridized carbons (Fsp3) is 0.364. The molecule has 0 aliphatic carbocycles. The standard InChI is InChI=1S/C11H16N2O2.ClH/c1-13-11(15)10-5-3-2-4-8(10)6-9(12)7-14;/h2-5,9,14H,6-7,12H2,1H3,(H,13,15);1H/t9-;/m1./s1. The number of hydrogen-bond donors (Lipinski definition) is 3. The molecule has 0 unspecified atom stereocenters. The van der Waals surface area contributed by atoms with Crippen LogP contribution in [0.4, 0.5) is 0 Å². The monoisotopic (exact) mass is 244 g/mol. The van der Waals surface area contributed by atoms with Crippen LogP contribution in [0.3, 0.4) is 0 Å². The third-order valence-corrected chi connectivity index (χ3v) is 2.21. The first kappa shape index (κ1) is 14.9. The molecule has 0 saturated heterocycles. The Morgan fingerprint density at radius 1 is 1.50 bits per heavy atom. The van der Waals surface area contributed by atoms with Gasteiger partial charge in [-0.3, -0.25) is 4.79 Å². The van der Waals surface area contributed by atoms with Crippen LogP contribution in [0.25, 0.3) is 0 Å². The molecule has 1 amide bonds. The Labute approximate surface area is 101 Å². The number of benzene rings is 1. The third kappa shape index (κ3) is 3.81.